The van der Waals surface area contributed by atoms with Crippen molar-refractivity contribution in [2.75, 3.05) is 38.2 Å². The average Bonchev–Trinajstić information content (AvgIpc) is 3.02. The summed E-state index contributed by atoms with van der Waals surface area (Å²) in [4.78, 5) is 44.2. The number of benzene rings is 2. The van der Waals surface area contributed by atoms with Gasteiger partial charge in [0.15, 0.2) is 0 Å². The Morgan fingerprint density at radius 3 is 1.98 bits per heavy atom. The minimum Gasteiger partial charge on any atom is -0.497 e. The molecule has 44 heavy (non-hydrogen) atoms. The van der Waals surface area contributed by atoms with Gasteiger partial charge in [0, 0.05) is 38.3 Å². The maximum atomic E-state index is 13.4. The van der Waals surface area contributed by atoms with Crippen LogP contribution in [0.3, 0.4) is 0 Å². The van der Waals surface area contributed by atoms with Gasteiger partial charge in [-0.15, -0.1) is 0 Å². The molecule has 0 aromatic heterocycles. The van der Waals surface area contributed by atoms with E-state index >= 15 is 0 Å². The lowest BCUT2D eigenvalue weighted by Gasteiger charge is -2.36. The predicted molar refractivity (Wildman–Crippen MR) is 172 cm³/mol. The number of imide groups is 1. The van der Waals surface area contributed by atoms with Gasteiger partial charge in [-0.25, -0.2) is 4.79 Å². The average molecular weight is 604 g/mol. The van der Waals surface area contributed by atoms with Crippen molar-refractivity contribution in [2.24, 2.45) is 11.8 Å². The third-order valence-electron chi connectivity index (χ3n) is 9.54. The van der Waals surface area contributed by atoms with Gasteiger partial charge >= 0.3 is 6.09 Å². The van der Waals surface area contributed by atoms with Crippen LogP contribution in [0.5, 0.6) is 5.75 Å². The second kappa shape index (κ2) is 14.0. The van der Waals surface area contributed by atoms with E-state index in [1.54, 1.807) is 7.11 Å². The van der Waals surface area contributed by atoms with E-state index in [-0.39, 0.29) is 30.4 Å². The molecule has 5 rings (SSSR count). The number of likely N-dealkylation sites (tertiary alicyclic amines) is 2. The summed E-state index contributed by atoms with van der Waals surface area (Å²) in [5.74, 6) is 1.70. The second-order valence-corrected chi connectivity index (χ2v) is 13.8. The van der Waals surface area contributed by atoms with E-state index in [9.17, 15) is 14.4 Å². The number of hydrogen-bond acceptors (Lipinski definition) is 6. The van der Waals surface area contributed by atoms with Gasteiger partial charge in [0.25, 0.3) is 0 Å². The normalized spacial score (nSPS) is 20.6. The maximum Gasteiger partial charge on any atom is 0.410 e. The molecule has 238 valence electrons. The molecule has 3 aliphatic heterocycles. The van der Waals surface area contributed by atoms with Crippen molar-refractivity contribution in [1.82, 2.24) is 9.80 Å². The SMILES string of the molecule is COc1ccc(CN2C(=O)CCC(c3ccc(N4CCC(CCC5CCN(C(=O)OC(C)(C)C)CC5)CC4)cc3)C2=O)cc1. The summed E-state index contributed by atoms with van der Waals surface area (Å²) >= 11 is 0. The number of ether oxygens (including phenoxy) is 2. The molecule has 0 aliphatic carbocycles. The zero-order valence-corrected chi connectivity index (χ0v) is 26.9. The Bertz CT molecular complexity index is 1270. The van der Waals surface area contributed by atoms with Crippen LogP contribution in [0.1, 0.15) is 89.2 Å². The first-order chi connectivity index (χ1) is 21.1. The zero-order valence-electron chi connectivity index (χ0n) is 26.9. The van der Waals surface area contributed by atoms with Crippen LogP contribution in [0, 0.1) is 11.8 Å². The highest BCUT2D eigenvalue weighted by molar-refractivity contribution is 6.01. The number of carbonyl (C=O) groups excluding carboxylic acids is 3. The number of piperidine rings is 3. The molecule has 8 nitrogen and oxygen atoms in total. The van der Waals surface area contributed by atoms with Crippen LogP contribution in [0.2, 0.25) is 0 Å². The van der Waals surface area contributed by atoms with Crippen LogP contribution < -0.4 is 9.64 Å². The van der Waals surface area contributed by atoms with Crippen LogP contribution in [-0.2, 0) is 20.9 Å². The summed E-state index contributed by atoms with van der Waals surface area (Å²) in [5, 5.41) is 0. The molecule has 8 heteroatoms. The van der Waals surface area contributed by atoms with Crippen LogP contribution in [0.4, 0.5) is 10.5 Å². The summed E-state index contributed by atoms with van der Waals surface area (Å²) in [6, 6.07) is 16.0. The summed E-state index contributed by atoms with van der Waals surface area (Å²) in [5.41, 5.74) is 2.66. The summed E-state index contributed by atoms with van der Waals surface area (Å²) < 4.78 is 10.8. The van der Waals surface area contributed by atoms with E-state index in [2.05, 4.69) is 29.2 Å². The molecule has 1 unspecified atom stereocenters. The Labute approximate surface area is 262 Å². The number of anilines is 1. The number of nitrogens with zero attached hydrogens (tertiary/aromatic N) is 3. The molecule has 3 amide bonds. The molecule has 3 saturated heterocycles. The fourth-order valence-corrected chi connectivity index (χ4v) is 6.83. The Morgan fingerprint density at radius 1 is 0.818 bits per heavy atom. The van der Waals surface area contributed by atoms with Gasteiger partial charge in [-0.05, 0) is 100 Å². The van der Waals surface area contributed by atoms with Gasteiger partial charge in [-0.3, -0.25) is 14.5 Å². The van der Waals surface area contributed by atoms with Crippen molar-refractivity contribution < 1.29 is 23.9 Å². The molecule has 3 aliphatic rings. The van der Waals surface area contributed by atoms with Crippen LogP contribution in [0.15, 0.2) is 48.5 Å². The number of rotatable bonds is 8. The van der Waals surface area contributed by atoms with Gasteiger partial charge in [-0.1, -0.05) is 37.1 Å². The lowest BCUT2D eigenvalue weighted by molar-refractivity contribution is -0.150. The third-order valence-corrected chi connectivity index (χ3v) is 9.54. The highest BCUT2D eigenvalue weighted by Crippen LogP contribution is 2.34. The Balaban J connectivity index is 1.06. The maximum absolute atomic E-state index is 13.4. The van der Waals surface area contributed by atoms with Gasteiger partial charge in [-0.2, -0.15) is 0 Å². The lowest BCUT2D eigenvalue weighted by atomic mass is 9.85. The van der Waals surface area contributed by atoms with E-state index in [0.29, 0.717) is 18.8 Å². The summed E-state index contributed by atoms with van der Waals surface area (Å²) in [6.07, 6.45) is 7.80. The van der Waals surface area contributed by atoms with Crippen LogP contribution >= 0.6 is 0 Å². The van der Waals surface area contributed by atoms with Crippen molar-refractivity contribution in [3.8, 4) is 5.75 Å². The molecular weight excluding hydrogens is 554 g/mol. The fraction of sp³-hybridized carbons (Fsp3) is 0.583. The van der Waals surface area contributed by atoms with Gasteiger partial charge < -0.3 is 19.3 Å². The number of hydrogen-bond donors (Lipinski definition) is 0. The predicted octanol–water partition coefficient (Wildman–Crippen LogP) is 6.77. The Hall–Kier alpha value is -3.55. The minimum absolute atomic E-state index is 0.104. The Kier molecular flexibility index (Phi) is 10.2. The summed E-state index contributed by atoms with van der Waals surface area (Å²) in [6.45, 7) is 9.74. The topological polar surface area (TPSA) is 79.4 Å². The van der Waals surface area contributed by atoms with Crippen molar-refractivity contribution >= 4 is 23.6 Å². The molecule has 2 aromatic rings. The molecule has 0 saturated carbocycles. The molecule has 0 bridgehead atoms. The van der Waals surface area contributed by atoms with E-state index in [1.807, 2.05) is 49.9 Å². The van der Waals surface area contributed by atoms with E-state index in [4.69, 9.17) is 9.47 Å². The molecule has 3 fully saturated rings. The number of amides is 3. The van der Waals surface area contributed by atoms with Crippen LogP contribution in [0.25, 0.3) is 0 Å². The van der Waals surface area contributed by atoms with Crippen molar-refractivity contribution in [3.05, 3.63) is 59.7 Å². The van der Waals surface area contributed by atoms with Gasteiger partial charge in [0.2, 0.25) is 11.8 Å². The van der Waals surface area contributed by atoms with E-state index in [0.717, 1.165) is 61.8 Å². The van der Waals surface area contributed by atoms with E-state index in [1.165, 1.54) is 36.3 Å². The minimum atomic E-state index is -0.443. The van der Waals surface area contributed by atoms with Crippen molar-refractivity contribution in [2.45, 2.75) is 90.2 Å². The molecular formula is C36H49N3O5. The molecule has 2 aromatic carbocycles. The molecule has 0 radical (unpaired) electrons. The zero-order chi connectivity index (χ0) is 31.3. The monoisotopic (exact) mass is 603 g/mol. The first-order valence-corrected chi connectivity index (χ1v) is 16.4. The first-order valence-electron chi connectivity index (χ1n) is 16.4. The van der Waals surface area contributed by atoms with E-state index < -0.39 is 5.60 Å². The smallest absolute Gasteiger partial charge is 0.410 e. The molecule has 1 atom stereocenters. The Morgan fingerprint density at radius 2 is 1.41 bits per heavy atom. The highest BCUT2D eigenvalue weighted by atomic mass is 16.6. The lowest BCUT2D eigenvalue weighted by Crippen LogP contribution is -2.43. The van der Waals surface area contributed by atoms with Gasteiger partial charge in [0.05, 0.1) is 19.6 Å². The largest absolute Gasteiger partial charge is 0.497 e. The molecule has 3 heterocycles. The van der Waals surface area contributed by atoms with Crippen LogP contribution in [-0.4, -0.2) is 66.6 Å². The molecule has 0 N–H and O–H groups in total. The molecule has 0 spiro atoms. The van der Waals surface area contributed by atoms with Crippen molar-refractivity contribution in [1.29, 1.82) is 0 Å². The number of methoxy groups -OCH3 is 1. The standard InChI is InChI=1S/C36H49N3O5/c1-36(2,3)44-35(42)38-23-19-27(20-24-38)6-5-26-17-21-37(22-18-26)30-11-9-29(10-12-30)32-15-16-33(40)39(34(32)41)25-28-7-13-31(43-4)14-8-28/h7-14,26-27,32H,5-6,15-25H2,1-4H3. The first kappa shape index (κ1) is 31.9. The summed E-state index contributed by atoms with van der Waals surface area (Å²) in [7, 11) is 1.62. The highest BCUT2D eigenvalue weighted by Gasteiger charge is 2.35. The second-order valence-electron chi connectivity index (χ2n) is 13.8. The number of carbonyl (C=O) groups is 3. The third kappa shape index (κ3) is 8.13. The van der Waals surface area contributed by atoms with Gasteiger partial charge in [0.1, 0.15) is 11.4 Å². The fourth-order valence-electron chi connectivity index (χ4n) is 6.83. The van der Waals surface area contributed by atoms with Crippen molar-refractivity contribution in [3.63, 3.8) is 0 Å². The quantitative estimate of drug-likeness (QED) is 0.310.